The Bertz CT molecular complexity index is 923. The van der Waals surface area contributed by atoms with Crippen molar-refractivity contribution in [1.29, 1.82) is 0 Å². The molecule has 0 bridgehead atoms. The molecule has 2 aromatic carbocycles. The molecular formula is C21H20O6. The van der Waals surface area contributed by atoms with Crippen molar-refractivity contribution in [3.63, 3.8) is 0 Å². The first kappa shape index (κ1) is 18.5. The van der Waals surface area contributed by atoms with Crippen LogP contribution in [0.15, 0.2) is 52.9 Å². The van der Waals surface area contributed by atoms with Crippen molar-refractivity contribution in [2.75, 3.05) is 19.8 Å². The largest absolute Gasteiger partial charge is 0.490 e. The fraction of sp³-hybridized carbons (Fsp3) is 0.238. The lowest BCUT2D eigenvalue weighted by atomic mass is 10.2. The van der Waals surface area contributed by atoms with E-state index < -0.39 is 18.4 Å². The van der Waals surface area contributed by atoms with Crippen molar-refractivity contribution < 1.29 is 28.2 Å². The van der Waals surface area contributed by atoms with Crippen LogP contribution in [0.5, 0.6) is 11.5 Å². The molecule has 140 valence electrons. The molecule has 0 amide bonds. The summed E-state index contributed by atoms with van der Waals surface area (Å²) in [7, 11) is 0. The SMILES string of the molecule is CCOc1ccc(C(=O)OCC(=O)c2cc3ccccc3o2)cc1OCC. The summed E-state index contributed by atoms with van der Waals surface area (Å²) in [6.45, 7) is 4.21. The predicted octanol–water partition coefficient (Wildman–Crippen LogP) is 4.27. The van der Waals surface area contributed by atoms with Crippen LogP contribution in [0.4, 0.5) is 0 Å². The van der Waals surface area contributed by atoms with Gasteiger partial charge < -0.3 is 18.6 Å². The summed E-state index contributed by atoms with van der Waals surface area (Å²) in [5.74, 6) is 0.136. The topological polar surface area (TPSA) is 75.0 Å². The molecule has 1 heterocycles. The van der Waals surface area contributed by atoms with Crippen LogP contribution < -0.4 is 9.47 Å². The molecule has 0 saturated carbocycles. The van der Waals surface area contributed by atoms with Crippen LogP contribution >= 0.6 is 0 Å². The number of furan rings is 1. The molecule has 0 radical (unpaired) electrons. The van der Waals surface area contributed by atoms with E-state index in [0.29, 0.717) is 30.3 Å². The molecule has 6 heteroatoms. The van der Waals surface area contributed by atoms with Crippen molar-refractivity contribution in [2.24, 2.45) is 0 Å². The molecule has 0 saturated heterocycles. The van der Waals surface area contributed by atoms with E-state index in [1.807, 2.05) is 32.0 Å². The number of hydrogen-bond donors (Lipinski definition) is 0. The highest BCUT2D eigenvalue weighted by Crippen LogP contribution is 2.29. The molecule has 1 aromatic heterocycles. The first-order valence-electron chi connectivity index (χ1n) is 8.71. The summed E-state index contributed by atoms with van der Waals surface area (Å²) in [5.41, 5.74) is 0.888. The number of fused-ring (bicyclic) bond motifs is 1. The van der Waals surface area contributed by atoms with E-state index in [4.69, 9.17) is 18.6 Å². The maximum absolute atomic E-state index is 12.3. The molecule has 3 aromatic rings. The summed E-state index contributed by atoms with van der Waals surface area (Å²) < 4.78 is 21.6. The minimum Gasteiger partial charge on any atom is -0.490 e. The third-order valence-corrected chi connectivity index (χ3v) is 3.81. The average Bonchev–Trinajstić information content (AvgIpc) is 3.12. The monoisotopic (exact) mass is 368 g/mol. The van der Waals surface area contributed by atoms with Gasteiger partial charge in [-0.1, -0.05) is 18.2 Å². The molecule has 0 aliphatic rings. The van der Waals surface area contributed by atoms with Crippen LogP contribution in [0.1, 0.15) is 34.8 Å². The summed E-state index contributed by atoms with van der Waals surface area (Å²) >= 11 is 0. The number of ether oxygens (including phenoxy) is 3. The molecule has 6 nitrogen and oxygen atoms in total. The zero-order chi connectivity index (χ0) is 19.2. The van der Waals surface area contributed by atoms with Gasteiger partial charge in [-0.25, -0.2) is 4.79 Å². The Hall–Kier alpha value is -3.28. The van der Waals surface area contributed by atoms with Gasteiger partial charge in [0.15, 0.2) is 23.9 Å². The van der Waals surface area contributed by atoms with Crippen LogP contribution in [0.25, 0.3) is 11.0 Å². The molecular weight excluding hydrogens is 348 g/mol. The van der Waals surface area contributed by atoms with Crippen LogP contribution in [0.3, 0.4) is 0 Å². The minimum absolute atomic E-state index is 0.158. The summed E-state index contributed by atoms with van der Waals surface area (Å²) in [6, 6.07) is 13.7. The third kappa shape index (κ3) is 4.28. The number of hydrogen-bond acceptors (Lipinski definition) is 6. The highest BCUT2D eigenvalue weighted by molar-refractivity contribution is 6.00. The number of esters is 1. The Kier molecular flexibility index (Phi) is 5.76. The van der Waals surface area contributed by atoms with Gasteiger partial charge in [0.1, 0.15) is 5.58 Å². The zero-order valence-corrected chi connectivity index (χ0v) is 15.2. The average molecular weight is 368 g/mol. The highest BCUT2D eigenvalue weighted by Gasteiger charge is 2.17. The number of para-hydroxylation sites is 1. The Labute approximate surface area is 156 Å². The Morgan fingerprint density at radius 1 is 0.926 bits per heavy atom. The van der Waals surface area contributed by atoms with Gasteiger partial charge in [-0.15, -0.1) is 0 Å². The van der Waals surface area contributed by atoms with Crippen molar-refractivity contribution in [2.45, 2.75) is 13.8 Å². The fourth-order valence-electron chi connectivity index (χ4n) is 2.58. The summed E-state index contributed by atoms with van der Waals surface area (Å²) in [4.78, 5) is 24.5. The molecule has 0 unspecified atom stereocenters. The van der Waals surface area contributed by atoms with Crippen LogP contribution in [-0.4, -0.2) is 31.6 Å². The molecule has 0 spiro atoms. The quantitative estimate of drug-likeness (QED) is 0.437. The second-order valence-electron chi connectivity index (χ2n) is 5.68. The number of benzene rings is 2. The van der Waals surface area contributed by atoms with E-state index in [1.54, 1.807) is 30.3 Å². The number of rotatable bonds is 8. The maximum atomic E-state index is 12.3. The Morgan fingerprint density at radius 3 is 2.41 bits per heavy atom. The van der Waals surface area contributed by atoms with Gasteiger partial charge in [-0.05, 0) is 44.2 Å². The summed E-state index contributed by atoms with van der Waals surface area (Å²) in [5, 5.41) is 0.819. The van der Waals surface area contributed by atoms with Crippen molar-refractivity contribution in [3.8, 4) is 11.5 Å². The smallest absolute Gasteiger partial charge is 0.338 e. The first-order chi connectivity index (χ1) is 13.1. The van der Waals surface area contributed by atoms with E-state index in [-0.39, 0.29) is 11.3 Å². The van der Waals surface area contributed by atoms with Crippen molar-refractivity contribution in [1.82, 2.24) is 0 Å². The van der Waals surface area contributed by atoms with Crippen molar-refractivity contribution >= 4 is 22.7 Å². The first-order valence-corrected chi connectivity index (χ1v) is 8.71. The van der Waals surface area contributed by atoms with Gasteiger partial charge in [0.2, 0.25) is 5.78 Å². The Morgan fingerprint density at radius 2 is 1.67 bits per heavy atom. The predicted molar refractivity (Wildman–Crippen MR) is 99.6 cm³/mol. The minimum atomic E-state index is -0.622. The van der Waals surface area contributed by atoms with E-state index in [9.17, 15) is 9.59 Å². The molecule has 0 fully saturated rings. The number of ketones is 1. The number of Topliss-reactive ketones (excluding diaryl/α,β-unsaturated/α-hetero) is 1. The molecule has 27 heavy (non-hydrogen) atoms. The lowest BCUT2D eigenvalue weighted by Crippen LogP contribution is -2.14. The lowest BCUT2D eigenvalue weighted by molar-refractivity contribution is 0.0468. The Balaban J connectivity index is 1.67. The molecule has 0 atom stereocenters. The van der Waals surface area contributed by atoms with Gasteiger partial charge in [0.25, 0.3) is 0 Å². The molecule has 0 aliphatic carbocycles. The lowest BCUT2D eigenvalue weighted by Gasteiger charge is -2.12. The van der Waals surface area contributed by atoms with E-state index in [0.717, 1.165) is 5.39 Å². The maximum Gasteiger partial charge on any atom is 0.338 e. The van der Waals surface area contributed by atoms with Crippen molar-refractivity contribution in [3.05, 3.63) is 59.9 Å². The second kappa shape index (κ2) is 8.40. The fourth-order valence-corrected chi connectivity index (χ4v) is 2.58. The second-order valence-corrected chi connectivity index (χ2v) is 5.68. The van der Waals surface area contributed by atoms with Crippen LogP contribution in [0.2, 0.25) is 0 Å². The van der Waals surface area contributed by atoms with Gasteiger partial charge in [-0.3, -0.25) is 4.79 Å². The van der Waals surface area contributed by atoms with Gasteiger partial charge >= 0.3 is 5.97 Å². The van der Waals surface area contributed by atoms with Crippen LogP contribution in [0, 0.1) is 0 Å². The van der Waals surface area contributed by atoms with E-state index in [1.165, 1.54) is 0 Å². The number of carbonyl (C=O) groups is 2. The zero-order valence-electron chi connectivity index (χ0n) is 15.2. The van der Waals surface area contributed by atoms with Gasteiger partial charge in [0, 0.05) is 5.39 Å². The molecule has 0 N–H and O–H groups in total. The van der Waals surface area contributed by atoms with E-state index in [2.05, 4.69) is 0 Å². The highest BCUT2D eigenvalue weighted by atomic mass is 16.5. The molecule has 0 aliphatic heterocycles. The standard InChI is InChI=1S/C21H20O6/c1-3-24-18-10-9-15(12-20(18)25-4-2)21(23)26-13-16(22)19-11-14-7-5-6-8-17(14)27-19/h5-12H,3-4,13H2,1-2H3. The van der Waals surface area contributed by atoms with E-state index >= 15 is 0 Å². The third-order valence-electron chi connectivity index (χ3n) is 3.81. The van der Waals surface area contributed by atoms with Gasteiger partial charge in [0.05, 0.1) is 18.8 Å². The van der Waals surface area contributed by atoms with Crippen LogP contribution in [-0.2, 0) is 4.74 Å². The normalized spacial score (nSPS) is 10.6. The number of carbonyl (C=O) groups excluding carboxylic acids is 2. The van der Waals surface area contributed by atoms with Gasteiger partial charge in [-0.2, -0.15) is 0 Å². The summed E-state index contributed by atoms with van der Waals surface area (Å²) in [6.07, 6.45) is 0. The molecule has 3 rings (SSSR count).